The molecule has 6 nitrogen and oxygen atoms in total. The minimum absolute atomic E-state index is 0.0717. The summed E-state index contributed by atoms with van der Waals surface area (Å²) in [5, 5.41) is 3.71. The molecule has 1 N–H and O–H groups in total. The molecule has 230 valence electrons. The number of carbonyl (C=O) groups excluding carboxylic acids is 2. The van der Waals surface area contributed by atoms with Crippen molar-refractivity contribution in [3.63, 3.8) is 0 Å². The number of benzene rings is 3. The standard InChI is InChI=1S/C38H45N3O3/c1-25-20-26(2)27(3)36(21-25)44-19-17-30-10-12-31(13-11-30)34-22-32-23-40(28(4)42)24-35(39-32)37(34)38(43)41(33-14-15-33)18-16-29-8-6-5-7-9-29/h5-13,20-21,32-33,35,39H,14-19,22-24H2,1-4H3. The second kappa shape index (κ2) is 13.0. The van der Waals surface area contributed by atoms with Crippen molar-refractivity contribution in [2.75, 3.05) is 26.2 Å². The molecule has 3 aromatic carbocycles. The molecule has 2 heterocycles. The summed E-state index contributed by atoms with van der Waals surface area (Å²) in [6.45, 7) is 10.5. The van der Waals surface area contributed by atoms with E-state index in [-0.39, 0.29) is 23.9 Å². The van der Waals surface area contributed by atoms with Gasteiger partial charge in [-0.15, -0.1) is 0 Å². The summed E-state index contributed by atoms with van der Waals surface area (Å²) in [4.78, 5) is 30.9. The van der Waals surface area contributed by atoms with Crippen molar-refractivity contribution < 1.29 is 14.3 Å². The molecule has 6 rings (SSSR count). The summed E-state index contributed by atoms with van der Waals surface area (Å²) < 4.78 is 6.19. The van der Waals surface area contributed by atoms with Crippen LogP contribution in [0.15, 0.2) is 72.3 Å². The van der Waals surface area contributed by atoms with Crippen molar-refractivity contribution in [1.29, 1.82) is 0 Å². The van der Waals surface area contributed by atoms with E-state index in [0.29, 0.717) is 32.3 Å². The Bertz CT molecular complexity index is 1540. The molecule has 0 radical (unpaired) electrons. The second-order valence-corrected chi connectivity index (χ2v) is 12.9. The first-order chi connectivity index (χ1) is 21.3. The molecule has 3 aromatic rings. The van der Waals surface area contributed by atoms with Gasteiger partial charge in [-0.05, 0) is 91.5 Å². The van der Waals surface area contributed by atoms with Gasteiger partial charge in [0.1, 0.15) is 5.75 Å². The molecule has 2 unspecified atom stereocenters. The lowest BCUT2D eigenvalue weighted by Gasteiger charge is -2.44. The molecule has 3 aliphatic rings. The first-order valence-corrected chi connectivity index (χ1v) is 16.2. The van der Waals surface area contributed by atoms with Gasteiger partial charge in [0.15, 0.2) is 0 Å². The van der Waals surface area contributed by atoms with Gasteiger partial charge in [-0.1, -0.05) is 60.7 Å². The average Bonchev–Trinajstić information content (AvgIpc) is 3.85. The number of amides is 2. The van der Waals surface area contributed by atoms with Crippen LogP contribution in [0.1, 0.15) is 59.6 Å². The lowest BCUT2D eigenvalue weighted by atomic mass is 9.82. The van der Waals surface area contributed by atoms with E-state index in [0.717, 1.165) is 54.6 Å². The number of aryl methyl sites for hydroxylation is 2. The molecule has 2 atom stereocenters. The van der Waals surface area contributed by atoms with Gasteiger partial charge in [0.25, 0.3) is 5.91 Å². The van der Waals surface area contributed by atoms with E-state index in [1.165, 1.54) is 27.8 Å². The van der Waals surface area contributed by atoms with E-state index in [1.807, 2.05) is 11.0 Å². The van der Waals surface area contributed by atoms with Crippen molar-refractivity contribution in [1.82, 2.24) is 15.1 Å². The first-order valence-electron chi connectivity index (χ1n) is 16.2. The van der Waals surface area contributed by atoms with Gasteiger partial charge in [-0.25, -0.2) is 0 Å². The van der Waals surface area contributed by atoms with Gasteiger partial charge in [0.05, 0.1) is 12.6 Å². The normalized spacial score (nSPS) is 19.6. The Labute approximate surface area is 262 Å². The second-order valence-electron chi connectivity index (χ2n) is 12.9. The molecule has 2 bridgehead atoms. The number of fused-ring (bicyclic) bond motifs is 2. The third-order valence-corrected chi connectivity index (χ3v) is 9.53. The number of hydrogen-bond acceptors (Lipinski definition) is 4. The van der Waals surface area contributed by atoms with E-state index >= 15 is 0 Å². The summed E-state index contributed by atoms with van der Waals surface area (Å²) in [5.74, 6) is 1.16. The summed E-state index contributed by atoms with van der Waals surface area (Å²) in [6, 6.07) is 23.7. The fourth-order valence-corrected chi connectivity index (χ4v) is 6.81. The summed E-state index contributed by atoms with van der Waals surface area (Å²) in [7, 11) is 0. The number of carbonyl (C=O) groups is 2. The Hall–Kier alpha value is -3.90. The van der Waals surface area contributed by atoms with Crippen LogP contribution in [0.4, 0.5) is 0 Å². The first kappa shape index (κ1) is 30.1. The van der Waals surface area contributed by atoms with Crippen LogP contribution >= 0.6 is 0 Å². The lowest BCUT2D eigenvalue weighted by molar-refractivity contribution is -0.132. The number of hydrogen-bond donors (Lipinski definition) is 1. The molecule has 6 heteroatoms. The third-order valence-electron chi connectivity index (χ3n) is 9.53. The maximum Gasteiger partial charge on any atom is 0.252 e. The Morgan fingerprint density at radius 2 is 1.66 bits per heavy atom. The van der Waals surface area contributed by atoms with Crippen LogP contribution in [0.2, 0.25) is 0 Å². The number of nitrogens with zero attached hydrogens (tertiary/aromatic N) is 2. The minimum atomic E-state index is -0.166. The van der Waals surface area contributed by atoms with Crippen LogP contribution in [-0.4, -0.2) is 66.0 Å². The SMILES string of the molecule is CC(=O)N1CC2CC(c3ccc(CCOc4cc(C)cc(C)c4C)cc3)=C(C(=O)N(CCc3ccccc3)C3CC3)C(C1)N2. The van der Waals surface area contributed by atoms with E-state index in [2.05, 4.69) is 91.7 Å². The molecule has 2 fully saturated rings. The zero-order valence-electron chi connectivity index (χ0n) is 26.6. The Morgan fingerprint density at radius 3 is 2.36 bits per heavy atom. The van der Waals surface area contributed by atoms with Gasteiger partial charge in [-0.3, -0.25) is 9.59 Å². The molecule has 1 aliphatic carbocycles. The van der Waals surface area contributed by atoms with E-state index in [9.17, 15) is 9.59 Å². The van der Waals surface area contributed by atoms with Crippen LogP contribution in [0.25, 0.3) is 5.57 Å². The predicted molar refractivity (Wildman–Crippen MR) is 176 cm³/mol. The minimum Gasteiger partial charge on any atom is -0.493 e. The number of piperazine rings is 1. The highest BCUT2D eigenvalue weighted by Crippen LogP contribution is 2.37. The van der Waals surface area contributed by atoms with Gasteiger partial charge in [0.2, 0.25) is 5.91 Å². The van der Waals surface area contributed by atoms with Crippen LogP contribution in [0, 0.1) is 20.8 Å². The zero-order valence-corrected chi connectivity index (χ0v) is 26.6. The van der Waals surface area contributed by atoms with Crippen molar-refractivity contribution in [3.8, 4) is 5.75 Å². The molecule has 2 aliphatic heterocycles. The van der Waals surface area contributed by atoms with Crippen molar-refractivity contribution in [3.05, 3.63) is 106 Å². The van der Waals surface area contributed by atoms with Crippen molar-refractivity contribution in [2.24, 2.45) is 0 Å². The van der Waals surface area contributed by atoms with E-state index in [1.54, 1.807) is 6.92 Å². The van der Waals surface area contributed by atoms with Crippen LogP contribution in [-0.2, 0) is 22.4 Å². The summed E-state index contributed by atoms with van der Waals surface area (Å²) in [5.41, 5.74) is 9.19. The number of nitrogens with one attached hydrogen (secondary N) is 1. The zero-order chi connectivity index (χ0) is 30.8. The quantitative estimate of drug-likeness (QED) is 0.323. The molecule has 0 spiro atoms. The highest BCUT2D eigenvalue weighted by atomic mass is 16.5. The van der Waals surface area contributed by atoms with Crippen LogP contribution in [0.3, 0.4) is 0 Å². The predicted octanol–water partition coefficient (Wildman–Crippen LogP) is 5.81. The lowest BCUT2D eigenvalue weighted by Crippen LogP contribution is -2.62. The smallest absolute Gasteiger partial charge is 0.252 e. The maximum absolute atomic E-state index is 14.5. The average molecular weight is 592 g/mol. The summed E-state index contributed by atoms with van der Waals surface area (Å²) in [6.07, 6.45) is 4.49. The molecule has 2 amide bonds. The molecule has 1 saturated heterocycles. The molecular formula is C38H45N3O3. The summed E-state index contributed by atoms with van der Waals surface area (Å²) >= 11 is 0. The number of ether oxygens (including phenoxy) is 1. The highest BCUT2D eigenvalue weighted by molar-refractivity contribution is 6.03. The van der Waals surface area contributed by atoms with Gasteiger partial charge < -0.3 is 19.9 Å². The Kier molecular flexibility index (Phi) is 8.90. The number of rotatable bonds is 10. The van der Waals surface area contributed by atoms with Crippen LogP contribution in [0.5, 0.6) is 5.75 Å². The third kappa shape index (κ3) is 6.76. The fraction of sp³-hybridized carbons (Fsp3) is 0.421. The Morgan fingerprint density at radius 1 is 0.932 bits per heavy atom. The molecule has 44 heavy (non-hydrogen) atoms. The topological polar surface area (TPSA) is 61.9 Å². The van der Waals surface area contributed by atoms with Crippen molar-refractivity contribution in [2.45, 2.75) is 77.9 Å². The van der Waals surface area contributed by atoms with Gasteiger partial charge in [-0.2, -0.15) is 0 Å². The maximum atomic E-state index is 14.5. The monoisotopic (exact) mass is 591 g/mol. The molecule has 1 saturated carbocycles. The highest BCUT2D eigenvalue weighted by Gasteiger charge is 2.42. The van der Waals surface area contributed by atoms with Crippen LogP contribution < -0.4 is 10.1 Å². The largest absolute Gasteiger partial charge is 0.493 e. The molecule has 0 aromatic heterocycles. The van der Waals surface area contributed by atoms with Crippen molar-refractivity contribution >= 4 is 17.4 Å². The van der Waals surface area contributed by atoms with E-state index in [4.69, 9.17) is 4.74 Å². The van der Waals surface area contributed by atoms with Gasteiger partial charge in [0, 0.05) is 50.6 Å². The fourth-order valence-electron chi connectivity index (χ4n) is 6.81. The van der Waals surface area contributed by atoms with E-state index < -0.39 is 0 Å². The van der Waals surface area contributed by atoms with Gasteiger partial charge >= 0.3 is 0 Å². The Balaban J connectivity index is 1.24. The molecular weight excluding hydrogens is 546 g/mol.